The summed E-state index contributed by atoms with van der Waals surface area (Å²) in [6.07, 6.45) is 1.79. The number of pyridine rings is 1. The minimum atomic E-state index is -0.00403. The molecule has 1 aromatic heterocycles. The number of aromatic nitrogens is 1. The van der Waals surface area contributed by atoms with Crippen LogP contribution in [0.1, 0.15) is 5.56 Å². The van der Waals surface area contributed by atoms with Crippen LogP contribution in [0.4, 0.5) is 5.82 Å². The molecule has 154 valence electrons. The van der Waals surface area contributed by atoms with Crippen LogP contribution in [-0.4, -0.2) is 48.6 Å². The second kappa shape index (κ2) is 9.31. The molecule has 0 bridgehead atoms. The zero-order valence-corrected chi connectivity index (χ0v) is 17.0. The Morgan fingerprint density at radius 1 is 0.867 bits per heavy atom. The Morgan fingerprint density at radius 2 is 1.50 bits per heavy atom. The number of benzene rings is 2. The zero-order chi connectivity index (χ0) is 20.8. The van der Waals surface area contributed by atoms with Gasteiger partial charge >= 0.3 is 0 Å². The van der Waals surface area contributed by atoms with Gasteiger partial charge in [-0.05, 0) is 55.5 Å². The van der Waals surface area contributed by atoms with Crippen LogP contribution in [0, 0.1) is 6.92 Å². The highest BCUT2D eigenvalue weighted by atomic mass is 16.5. The molecule has 1 amide bonds. The molecular formula is C24H25N3O3. The largest absolute Gasteiger partial charge is 0.484 e. The van der Waals surface area contributed by atoms with Crippen LogP contribution in [0.15, 0.2) is 72.9 Å². The van der Waals surface area contributed by atoms with Crippen molar-refractivity contribution < 1.29 is 14.3 Å². The van der Waals surface area contributed by atoms with Crippen LogP contribution in [0.25, 0.3) is 0 Å². The number of rotatable bonds is 6. The van der Waals surface area contributed by atoms with E-state index in [2.05, 4.69) is 9.88 Å². The van der Waals surface area contributed by atoms with Crippen LogP contribution >= 0.6 is 0 Å². The predicted octanol–water partition coefficient (Wildman–Crippen LogP) is 3.91. The molecule has 1 aliphatic heterocycles. The number of hydrogen-bond donors (Lipinski definition) is 0. The third kappa shape index (κ3) is 5.08. The van der Waals surface area contributed by atoms with Crippen molar-refractivity contribution in [3.8, 4) is 17.2 Å². The minimum Gasteiger partial charge on any atom is -0.484 e. The monoisotopic (exact) mass is 403 g/mol. The van der Waals surface area contributed by atoms with E-state index in [0.29, 0.717) is 18.8 Å². The number of aryl methyl sites for hydroxylation is 1. The molecule has 2 heterocycles. The number of piperazine rings is 1. The summed E-state index contributed by atoms with van der Waals surface area (Å²) < 4.78 is 11.5. The molecule has 0 spiro atoms. The number of anilines is 1. The minimum absolute atomic E-state index is 0.00403. The molecule has 0 atom stereocenters. The standard InChI is InChI=1S/C24H25N3O3/c1-19-5-7-21(8-6-19)30-22-11-9-20(10-12-22)29-18-24(28)27-16-14-26(15-17-27)23-4-2-3-13-25-23/h2-13H,14-18H2,1H3. The zero-order valence-electron chi connectivity index (χ0n) is 17.0. The Balaban J connectivity index is 1.23. The number of carbonyl (C=O) groups excluding carboxylic acids is 1. The average molecular weight is 403 g/mol. The number of hydrogen-bond acceptors (Lipinski definition) is 5. The van der Waals surface area contributed by atoms with Crippen LogP contribution < -0.4 is 14.4 Å². The summed E-state index contributed by atoms with van der Waals surface area (Å²) in [5.41, 5.74) is 1.19. The summed E-state index contributed by atoms with van der Waals surface area (Å²) >= 11 is 0. The van der Waals surface area contributed by atoms with Crippen molar-refractivity contribution in [3.63, 3.8) is 0 Å². The predicted molar refractivity (Wildman–Crippen MR) is 116 cm³/mol. The van der Waals surface area contributed by atoms with E-state index in [4.69, 9.17) is 9.47 Å². The van der Waals surface area contributed by atoms with Crippen molar-refractivity contribution in [1.29, 1.82) is 0 Å². The first kappa shape index (κ1) is 19.8. The highest BCUT2D eigenvalue weighted by molar-refractivity contribution is 5.78. The first-order valence-electron chi connectivity index (χ1n) is 10.1. The van der Waals surface area contributed by atoms with Gasteiger partial charge in [-0.15, -0.1) is 0 Å². The number of amides is 1. The van der Waals surface area contributed by atoms with E-state index in [-0.39, 0.29) is 12.5 Å². The molecule has 0 aliphatic carbocycles. The van der Waals surface area contributed by atoms with Gasteiger partial charge in [0.05, 0.1) is 0 Å². The third-order valence-corrected chi connectivity index (χ3v) is 5.05. The van der Waals surface area contributed by atoms with Gasteiger partial charge in [-0.2, -0.15) is 0 Å². The van der Waals surface area contributed by atoms with Crippen molar-refractivity contribution in [2.75, 3.05) is 37.7 Å². The third-order valence-electron chi connectivity index (χ3n) is 5.05. The summed E-state index contributed by atoms with van der Waals surface area (Å²) in [4.78, 5) is 20.9. The van der Waals surface area contributed by atoms with Crippen LogP contribution in [0.2, 0.25) is 0 Å². The normalized spacial score (nSPS) is 13.8. The molecule has 0 saturated carbocycles. The van der Waals surface area contributed by atoms with Gasteiger partial charge in [0.1, 0.15) is 23.1 Å². The van der Waals surface area contributed by atoms with Gasteiger partial charge < -0.3 is 19.3 Å². The lowest BCUT2D eigenvalue weighted by Crippen LogP contribution is -2.50. The van der Waals surface area contributed by atoms with Crippen LogP contribution in [-0.2, 0) is 4.79 Å². The molecule has 3 aromatic rings. The molecular weight excluding hydrogens is 378 g/mol. The maximum Gasteiger partial charge on any atom is 0.260 e. The van der Waals surface area contributed by atoms with Crippen molar-refractivity contribution in [1.82, 2.24) is 9.88 Å². The lowest BCUT2D eigenvalue weighted by atomic mass is 10.2. The lowest BCUT2D eigenvalue weighted by Gasteiger charge is -2.35. The van der Waals surface area contributed by atoms with E-state index in [1.165, 1.54) is 5.56 Å². The highest BCUT2D eigenvalue weighted by Gasteiger charge is 2.22. The smallest absolute Gasteiger partial charge is 0.260 e. The Bertz CT molecular complexity index is 951. The summed E-state index contributed by atoms with van der Waals surface area (Å²) in [7, 11) is 0. The molecule has 1 saturated heterocycles. The Hall–Kier alpha value is -3.54. The quantitative estimate of drug-likeness (QED) is 0.625. The maximum atomic E-state index is 12.5. The SMILES string of the molecule is Cc1ccc(Oc2ccc(OCC(=O)N3CCN(c4ccccn4)CC3)cc2)cc1. The Labute approximate surface area is 176 Å². The number of carbonyl (C=O) groups is 1. The summed E-state index contributed by atoms with van der Waals surface area (Å²) in [6, 6.07) is 21.1. The Kier molecular flexibility index (Phi) is 6.13. The van der Waals surface area contributed by atoms with E-state index in [1.54, 1.807) is 6.20 Å². The van der Waals surface area contributed by atoms with Gasteiger partial charge in [0.15, 0.2) is 6.61 Å². The van der Waals surface area contributed by atoms with Gasteiger partial charge in [0, 0.05) is 32.4 Å². The number of nitrogens with zero attached hydrogens (tertiary/aromatic N) is 3. The van der Waals surface area contributed by atoms with Gasteiger partial charge in [-0.3, -0.25) is 4.79 Å². The molecule has 0 unspecified atom stereocenters. The lowest BCUT2D eigenvalue weighted by molar-refractivity contribution is -0.133. The van der Waals surface area contributed by atoms with Gasteiger partial charge in [0.2, 0.25) is 0 Å². The van der Waals surface area contributed by atoms with E-state index < -0.39 is 0 Å². The van der Waals surface area contributed by atoms with Crippen molar-refractivity contribution in [3.05, 3.63) is 78.5 Å². The summed E-state index contributed by atoms with van der Waals surface area (Å²) in [5, 5.41) is 0. The Morgan fingerprint density at radius 3 is 2.13 bits per heavy atom. The summed E-state index contributed by atoms with van der Waals surface area (Å²) in [5.74, 6) is 3.11. The van der Waals surface area contributed by atoms with Crippen molar-refractivity contribution in [2.45, 2.75) is 6.92 Å². The highest BCUT2D eigenvalue weighted by Crippen LogP contribution is 2.24. The molecule has 0 radical (unpaired) electrons. The van der Waals surface area contributed by atoms with Crippen LogP contribution in [0.3, 0.4) is 0 Å². The molecule has 6 nitrogen and oxygen atoms in total. The van der Waals surface area contributed by atoms with Crippen LogP contribution in [0.5, 0.6) is 17.2 Å². The first-order chi connectivity index (χ1) is 14.7. The van der Waals surface area contributed by atoms with E-state index in [9.17, 15) is 4.79 Å². The molecule has 30 heavy (non-hydrogen) atoms. The second-order valence-corrected chi connectivity index (χ2v) is 7.23. The molecule has 1 aliphatic rings. The van der Waals surface area contributed by atoms with Crippen molar-refractivity contribution >= 4 is 11.7 Å². The van der Waals surface area contributed by atoms with Gasteiger partial charge in [0.25, 0.3) is 5.91 Å². The first-order valence-corrected chi connectivity index (χ1v) is 10.1. The topological polar surface area (TPSA) is 54.9 Å². The molecule has 0 N–H and O–H groups in total. The van der Waals surface area contributed by atoms with Crippen molar-refractivity contribution in [2.24, 2.45) is 0 Å². The molecule has 6 heteroatoms. The fourth-order valence-corrected chi connectivity index (χ4v) is 3.31. The summed E-state index contributed by atoms with van der Waals surface area (Å²) in [6.45, 7) is 4.95. The molecule has 1 fully saturated rings. The van der Waals surface area contributed by atoms with E-state index in [0.717, 1.165) is 30.4 Å². The van der Waals surface area contributed by atoms with Gasteiger partial charge in [-0.25, -0.2) is 4.98 Å². The second-order valence-electron chi connectivity index (χ2n) is 7.23. The fourth-order valence-electron chi connectivity index (χ4n) is 3.31. The maximum absolute atomic E-state index is 12.5. The molecule has 4 rings (SSSR count). The van der Waals surface area contributed by atoms with E-state index >= 15 is 0 Å². The fraction of sp³-hybridized carbons (Fsp3) is 0.250. The number of ether oxygens (including phenoxy) is 2. The average Bonchev–Trinajstić information content (AvgIpc) is 2.80. The van der Waals surface area contributed by atoms with E-state index in [1.807, 2.05) is 78.6 Å². The molecule has 2 aromatic carbocycles. The van der Waals surface area contributed by atoms with Gasteiger partial charge in [-0.1, -0.05) is 23.8 Å².